The molecule has 2 aliphatic rings. The van der Waals surface area contributed by atoms with Gasteiger partial charge in [0, 0.05) is 48.2 Å². The van der Waals surface area contributed by atoms with E-state index in [2.05, 4.69) is 52.0 Å². The zero-order chi connectivity index (χ0) is 27.2. The molecule has 1 saturated heterocycles. The van der Waals surface area contributed by atoms with Crippen LogP contribution in [-0.4, -0.2) is 52.3 Å². The maximum Gasteiger partial charge on any atom is 0.254 e. The normalized spacial score (nSPS) is 23.5. The van der Waals surface area contributed by atoms with Crippen molar-refractivity contribution in [2.75, 3.05) is 6.54 Å². The molecule has 206 valence electrons. The zero-order valence-electron chi connectivity index (χ0n) is 22.8. The molecule has 39 heavy (non-hydrogen) atoms. The predicted octanol–water partition coefficient (Wildman–Crippen LogP) is 5.12. The second-order valence-electron chi connectivity index (χ2n) is 11.1. The lowest BCUT2D eigenvalue weighted by Crippen LogP contribution is -2.58. The molecule has 3 aromatic rings. The number of carbonyl (C=O) groups is 2. The van der Waals surface area contributed by atoms with E-state index in [-0.39, 0.29) is 29.9 Å². The summed E-state index contributed by atoms with van der Waals surface area (Å²) in [7, 11) is 0. The van der Waals surface area contributed by atoms with E-state index in [1.165, 1.54) is 10.4 Å². The highest BCUT2D eigenvalue weighted by Crippen LogP contribution is 2.28. The lowest BCUT2D eigenvalue weighted by molar-refractivity contribution is -0.128. The number of benzene rings is 2. The Hall–Kier alpha value is -3.00. The smallest absolute Gasteiger partial charge is 0.254 e. The van der Waals surface area contributed by atoms with Gasteiger partial charge in [0.1, 0.15) is 6.04 Å². The molecule has 0 spiro atoms. The number of amides is 2. The molecular formula is C32H40N4O2S. The lowest BCUT2D eigenvalue weighted by atomic mass is 9.90. The first-order valence-electron chi connectivity index (χ1n) is 14.2. The lowest BCUT2D eigenvalue weighted by Gasteiger charge is -2.43. The van der Waals surface area contributed by atoms with Crippen LogP contribution in [0, 0.1) is 6.92 Å². The van der Waals surface area contributed by atoms with Gasteiger partial charge in [0.05, 0.1) is 0 Å². The fourth-order valence-corrected chi connectivity index (χ4v) is 6.66. The second-order valence-corrected chi connectivity index (χ2v) is 12.2. The Bertz CT molecular complexity index is 1210. The maximum atomic E-state index is 13.8. The molecule has 0 bridgehead atoms. The number of hydrogen-bond donors (Lipinski definition) is 2. The van der Waals surface area contributed by atoms with Crippen molar-refractivity contribution in [1.82, 2.24) is 15.1 Å². The average Bonchev–Trinajstić information content (AvgIpc) is 3.47. The van der Waals surface area contributed by atoms with E-state index in [0.717, 1.165) is 50.8 Å². The first-order chi connectivity index (χ1) is 19.0. The largest absolute Gasteiger partial charge is 0.352 e. The second kappa shape index (κ2) is 12.9. The molecule has 1 unspecified atom stereocenters. The number of piperidine rings is 1. The topological polar surface area (TPSA) is 78.7 Å². The van der Waals surface area contributed by atoms with Crippen molar-refractivity contribution in [3.63, 3.8) is 0 Å². The van der Waals surface area contributed by atoms with Gasteiger partial charge in [-0.05, 0) is 74.6 Å². The SMILES string of the molecule is Cc1ccc(C(=O)N2CCC(N(Cc3ccccc3)Cc3cccs3)C[C@@H]2C(=O)NC2CCC(N)CC2)cc1. The minimum absolute atomic E-state index is 0.0311. The Balaban J connectivity index is 1.38. The Kier molecular flexibility index (Phi) is 9.12. The Morgan fingerprint density at radius 3 is 2.38 bits per heavy atom. The molecule has 5 rings (SSSR count). The number of likely N-dealkylation sites (tertiary alicyclic amines) is 1. The molecule has 7 heteroatoms. The fraction of sp³-hybridized carbons (Fsp3) is 0.438. The quantitative estimate of drug-likeness (QED) is 0.413. The summed E-state index contributed by atoms with van der Waals surface area (Å²) in [6.45, 7) is 4.21. The third-order valence-electron chi connectivity index (χ3n) is 8.24. The van der Waals surface area contributed by atoms with Crippen LogP contribution in [0.15, 0.2) is 72.1 Å². The van der Waals surface area contributed by atoms with Crippen LogP contribution < -0.4 is 11.1 Å². The number of aryl methyl sites for hydroxylation is 1. The summed E-state index contributed by atoms with van der Waals surface area (Å²) in [5.74, 6) is -0.0939. The van der Waals surface area contributed by atoms with E-state index in [0.29, 0.717) is 18.5 Å². The van der Waals surface area contributed by atoms with E-state index >= 15 is 0 Å². The van der Waals surface area contributed by atoms with Crippen molar-refractivity contribution < 1.29 is 9.59 Å². The molecule has 2 amide bonds. The molecule has 1 aliphatic heterocycles. The molecule has 1 aromatic heterocycles. The van der Waals surface area contributed by atoms with Crippen LogP contribution in [-0.2, 0) is 17.9 Å². The van der Waals surface area contributed by atoms with Crippen LogP contribution in [0.5, 0.6) is 0 Å². The summed E-state index contributed by atoms with van der Waals surface area (Å²) in [5.41, 5.74) is 9.11. The van der Waals surface area contributed by atoms with Crippen LogP contribution in [0.4, 0.5) is 0 Å². The van der Waals surface area contributed by atoms with Gasteiger partial charge >= 0.3 is 0 Å². The number of nitrogens with one attached hydrogen (secondary N) is 1. The number of rotatable bonds is 8. The van der Waals surface area contributed by atoms with Crippen LogP contribution in [0.2, 0.25) is 0 Å². The van der Waals surface area contributed by atoms with Crippen molar-refractivity contribution in [3.8, 4) is 0 Å². The standard InChI is InChI=1S/C32H40N4O2S/c1-23-9-11-25(12-10-23)32(38)36-18-17-28(20-30(36)31(37)34-27-15-13-26(33)14-16-27)35(22-29-8-5-19-39-29)21-24-6-3-2-4-7-24/h2-12,19,26-28,30H,13-18,20-22,33H2,1H3,(H,34,37)/t26?,27?,28?,30-/m1/s1. The van der Waals surface area contributed by atoms with Gasteiger partial charge in [0.25, 0.3) is 5.91 Å². The predicted molar refractivity (Wildman–Crippen MR) is 157 cm³/mol. The molecule has 2 atom stereocenters. The van der Waals surface area contributed by atoms with Gasteiger partial charge in [-0.15, -0.1) is 11.3 Å². The molecule has 1 aliphatic carbocycles. The number of nitrogens with two attached hydrogens (primary N) is 1. The molecule has 2 fully saturated rings. The minimum Gasteiger partial charge on any atom is -0.352 e. The van der Waals surface area contributed by atoms with Crippen molar-refractivity contribution >= 4 is 23.2 Å². The van der Waals surface area contributed by atoms with Crippen LogP contribution >= 0.6 is 11.3 Å². The minimum atomic E-state index is -0.505. The summed E-state index contributed by atoms with van der Waals surface area (Å²) < 4.78 is 0. The van der Waals surface area contributed by atoms with E-state index in [9.17, 15) is 9.59 Å². The summed E-state index contributed by atoms with van der Waals surface area (Å²) in [4.78, 5) is 33.2. The van der Waals surface area contributed by atoms with Gasteiger partial charge < -0.3 is 16.0 Å². The highest BCUT2D eigenvalue weighted by molar-refractivity contribution is 7.09. The molecule has 3 N–H and O–H groups in total. The van der Waals surface area contributed by atoms with E-state index in [1.54, 1.807) is 11.3 Å². The number of thiophene rings is 1. The molecule has 2 heterocycles. The van der Waals surface area contributed by atoms with Gasteiger partial charge in [0.15, 0.2) is 0 Å². The zero-order valence-corrected chi connectivity index (χ0v) is 23.6. The first kappa shape index (κ1) is 27.6. The Morgan fingerprint density at radius 2 is 1.69 bits per heavy atom. The summed E-state index contributed by atoms with van der Waals surface area (Å²) in [6, 6.07) is 22.5. The number of nitrogens with zero attached hydrogens (tertiary/aromatic N) is 2. The first-order valence-corrected chi connectivity index (χ1v) is 15.1. The summed E-state index contributed by atoms with van der Waals surface area (Å²) >= 11 is 1.76. The maximum absolute atomic E-state index is 13.8. The Morgan fingerprint density at radius 1 is 0.949 bits per heavy atom. The highest BCUT2D eigenvalue weighted by atomic mass is 32.1. The Labute approximate surface area is 236 Å². The molecule has 1 saturated carbocycles. The summed E-state index contributed by atoms with van der Waals surface area (Å²) in [6.07, 6.45) is 5.10. The summed E-state index contributed by atoms with van der Waals surface area (Å²) in [5, 5.41) is 5.42. The number of hydrogen-bond acceptors (Lipinski definition) is 5. The van der Waals surface area contributed by atoms with Crippen molar-refractivity contribution in [1.29, 1.82) is 0 Å². The van der Waals surface area contributed by atoms with Crippen molar-refractivity contribution in [2.24, 2.45) is 5.73 Å². The van der Waals surface area contributed by atoms with Gasteiger partial charge in [-0.25, -0.2) is 0 Å². The van der Waals surface area contributed by atoms with Crippen LogP contribution in [0.3, 0.4) is 0 Å². The molecule has 6 nitrogen and oxygen atoms in total. The fourth-order valence-electron chi connectivity index (χ4n) is 5.93. The molecular weight excluding hydrogens is 504 g/mol. The number of carbonyl (C=O) groups excluding carboxylic acids is 2. The van der Waals surface area contributed by atoms with E-state index < -0.39 is 6.04 Å². The highest BCUT2D eigenvalue weighted by Gasteiger charge is 2.39. The van der Waals surface area contributed by atoms with Gasteiger partial charge in [-0.2, -0.15) is 0 Å². The molecule has 2 aromatic carbocycles. The van der Waals surface area contributed by atoms with Crippen molar-refractivity contribution in [2.45, 2.75) is 82.7 Å². The van der Waals surface area contributed by atoms with Gasteiger partial charge in [-0.1, -0.05) is 54.1 Å². The van der Waals surface area contributed by atoms with Crippen LogP contribution in [0.25, 0.3) is 0 Å². The third kappa shape index (κ3) is 7.15. The van der Waals surface area contributed by atoms with Crippen LogP contribution in [0.1, 0.15) is 64.9 Å². The van der Waals surface area contributed by atoms with Gasteiger partial charge in [-0.3, -0.25) is 14.5 Å². The third-order valence-corrected chi connectivity index (χ3v) is 9.10. The average molecular weight is 545 g/mol. The van der Waals surface area contributed by atoms with E-state index in [1.807, 2.05) is 42.2 Å². The van der Waals surface area contributed by atoms with Gasteiger partial charge in [0.2, 0.25) is 5.91 Å². The molecule has 0 radical (unpaired) electrons. The van der Waals surface area contributed by atoms with E-state index in [4.69, 9.17) is 5.73 Å². The van der Waals surface area contributed by atoms with Crippen molar-refractivity contribution in [3.05, 3.63) is 93.7 Å². The monoisotopic (exact) mass is 544 g/mol.